The van der Waals surface area contributed by atoms with E-state index in [2.05, 4.69) is 20.4 Å². The fourth-order valence-electron chi connectivity index (χ4n) is 3.88. The van der Waals surface area contributed by atoms with Crippen molar-refractivity contribution in [3.8, 4) is 11.1 Å². The van der Waals surface area contributed by atoms with Crippen molar-refractivity contribution >= 4 is 22.5 Å². The highest BCUT2D eigenvalue weighted by Crippen LogP contribution is 2.33. The largest absolute Gasteiger partial charge is 0.378 e. The van der Waals surface area contributed by atoms with Crippen molar-refractivity contribution in [3.05, 3.63) is 71.4 Å². The molecule has 4 aromatic rings. The SMILES string of the molecule is COCc1ccc(-c2ccc3ncc(C(N)=O)c(N[C@H](C)c4nn(C)cc4C)c3c2)cn1. The number of methoxy groups -OCH3 is 1. The third-order valence-electron chi connectivity index (χ3n) is 5.40. The number of aryl methyl sites for hydroxylation is 2. The highest BCUT2D eigenvalue weighted by molar-refractivity contribution is 6.07. The first-order valence-corrected chi connectivity index (χ1v) is 10.3. The van der Waals surface area contributed by atoms with Gasteiger partial charge in [-0.15, -0.1) is 0 Å². The molecule has 0 fully saturated rings. The van der Waals surface area contributed by atoms with E-state index in [-0.39, 0.29) is 6.04 Å². The molecule has 1 amide bonds. The fraction of sp³-hybridized carbons (Fsp3) is 0.250. The summed E-state index contributed by atoms with van der Waals surface area (Å²) in [6.45, 7) is 4.48. The van der Waals surface area contributed by atoms with Crippen LogP contribution >= 0.6 is 0 Å². The Morgan fingerprint density at radius 3 is 2.59 bits per heavy atom. The summed E-state index contributed by atoms with van der Waals surface area (Å²) in [5.41, 5.74) is 12.2. The predicted molar refractivity (Wildman–Crippen MR) is 124 cm³/mol. The van der Waals surface area contributed by atoms with E-state index in [1.807, 2.05) is 63.6 Å². The summed E-state index contributed by atoms with van der Waals surface area (Å²) >= 11 is 0. The van der Waals surface area contributed by atoms with Crippen LogP contribution in [0.5, 0.6) is 0 Å². The summed E-state index contributed by atoms with van der Waals surface area (Å²) in [4.78, 5) is 21.1. The molecule has 0 aliphatic heterocycles. The van der Waals surface area contributed by atoms with Gasteiger partial charge in [0.1, 0.15) is 0 Å². The highest BCUT2D eigenvalue weighted by Gasteiger charge is 2.19. The molecule has 0 saturated heterocycles. The van der Waals surface area contributed by atoms with E-state index in [1.165, 1.54) is 6.20 Å². The lowest BCUT2D eigenvalue weighted by Gasteiger charge is -2.19. The summed E-state index contributed by atoms with van der Waals surface area (Å²) in [6, 6.07) is 9.72. The van der Waals surface area contributed by atoms with Crippen LogP contribution in [-0.4, -0.2) is 32.8 Å². The van der Waals surface area contributed by atoms with Crippen LogP contribution < -0.4 is 11.1 Å². The molecule has 3 N–H and O–H groups in total. The Morgan fingerprint density at radius 2 is 1.97 bits per heavy atom. The van der Waals surface area contributed by atoms with Crippen molar-refractivity contribution in [1.29, 1.82) is 0 Å². The van der Waals surface area contributed by atoms with Gasteiger partial charge in [-0.3, -0.25) is 19.4 Å². The van der Waals surface area contributed by atoms with Gasteiger partial charge in [0.2, 0.25) is 0 Å². The Bertz CT molecular complexity index is 1280. The number of rotatable bonds is 7. The van der Waals surface area contributed by atoms with E-state index in [0.717, 1.165) is 39.0 Å². The van der Waals surface area contributed by atoms with Crippen LogP contribution in [-0.2, 0) is 18.4 Å². The summed E-state index contributed by atoms with van der Waals surface area (Å²) < 4.78 is 6.91. The zero-order chi connectivity index (χ0) is 22.8. The number of amides is 1. The number of benzene rings is 1. The minimum absolute atomic E-state index is 0.140. The number of primary amides is 1. The lowest BCUT2D eigenvalue weighted by atomic mass is 10.0. The van der Waals surface area contributed by atoms with Crippen LogP contribution in [0.3, 0.4) is 0 Å². The second-order valence-electron chi connectivity index (χ2n) is 7.85. The summed E-state index contributed by atoms with van der Waals surface area (Å²) in [7, 11) is 3.53. The predicted octanol–water partition coefficient (Wildman–Crippen LogP) is 3.76. The van der Waals surface area contributed by atoms with Crippen molar-refractivity contribution in [2.24, 2.45) is 12.8 Å². The molecule has 164 valence electrons. The van der Waals surface area contributed by atoms with E-state index in [9.17, 15) is 4.79 Å². The Kier molecular flexibility index (Phi) is 5.87. The van der Waals surface area contributed by atoms with Gasteiger partial charge in [0, 0.05) is 43.7 Å². The van der Waals surface area contributed by atoms with Gasteiger partial charge in [-0.2, -0.15) is 5.10 Å². The molecule has 3 aromatic heterocycles. The lowest BCUT2D eigenvalue weighted by Crippen LogP contribution is -2.17. The third kappa shape index (κ3) is 4.17. The number of hydrogen-bond acceptors (Lipinski definition) is 6. The second kappa shape index (κ2) is 8.76. The minimum atomic E-state index is -0.539. The molecule has 0 unspecified atom stereocenters. The van der Waals surface area contributed by atoms with Gasteiger partial charge in [0.05, 0.1) is 40.8 Å². The first kappa shape index (κ1) is 21.5. The maximum absolute atomic E-state index is 12.2. The molecule has 0 saturated carbocycles. The van der Waals surface area contributed by atoms with Gasteiger partial charge in [-0.25, -0.2) is 0 Å². The van der Waals surface area contributed by atoms with Crippen LogP contribution in [0.1, 0.15) is 40.3 Å². The van der Waals surface area contributed by atoms with Gasteiger partial charge in [-0.05, 0) is 43.2 Å². The van der Waals surface area contributed by atoms with Crippen LogP contribution in [0, 0.1) is 6.92 Å². The molecule has 0 spiro atoms. The normalized spacial score (nSPS) is 12.1. The lowest BCUT2D eigenvalue weighted by molar-refractivity contribution is 0.100. The minimum Gasteiger partial charge on any atom is -0.378 e. The molecule has 8 heteroatoms. The quantitative estimate of drug-likeness (QED) is 0.462. The van der Waals surface area contributed by atoms with Crippen LogP contribution in [0.15, 0.2) is 48.9 Å². The standard InChI is InChI=1S/C24H26N6O2/c1-14-12-30(3)29-22(14)15(2)28-23-19-9-16(17-5-7-18(13-32-4)26-10-17)6-8-21(19)27-11-20(23)24(25)31/h5-12,15H,13H2,1-4H3,(H2,25,31)(H,27,28)/t15-/m1/s1. The number of nitrogens with one attached hydrogen (secondary N) is 1. The molecule has 0 bridgehead atoms. The molecule has 0 aliphatic carbocycles. The number of hydrogen-bond donors (Lipinski definition) is 2. The topological polar surface area (TPSA) is 108 Å². The second-order valence-corrected chi connectivity index (χ2v) is 7.85. The first-order valence-electron chi connectivity index (χ1n) is 10.3. The van der Waals surface area contributed by atoms with E-state index in [1.54, 1.807) is 11.8 Å². The molecular weight excluding hydrogens is 404 g/mol. The number of nitrogens with zero attached hydrogens (tertiary/aromatic N) is 4. The fourth-order valence-corrected chi connectivity index (χ4v) is 3.88. The maximum Gasteiger partial charge on any atom is 0.252 e. The zero-order valence-corrected chi connectivity index (χ0v) is 18.6. The van der Waals surface area contributed by atoms with E-state index in [0.29, 0.717) is 17.9 Å². The van der Waals surface area contributed by atoms with Gasteiger partial charge >= 0.3 is 0 Å². The van der Waals surface area contributed by atoms with Gasteiger partial charge in [-0.1, -0.05) is 12.1 Å². The number of carbonyl (C=O) groups is 1. The average Bonchev–Trinajstić information content (AvgIpc) is 3.12. The Morgan fingerprint density at radius 1 is 1.19 bits per heavy atom. The molecule has 0 aliphatic rings. The maximum atomic E-state index is 12.2. The number of ether oxygens (including phenoxy) is 1. The summed E-state index contributed by atoms with van der Waals surface area (Å²) in [5, 5.41) is 8.82. The number of fused-ring (bicyclic) bond motifs is 1. The first-order chi connectivity index (χ1) is 15.4. The molecule has 8 nitrogen and oxygen atoms in total. The molecule has 32 heavy (non-hydrogen) atoms. The Labute approximate surface area is 186 Å². The molecule has 3 heterocycles. The van der Waals surface area contributed by atoms with Crippen molar-refractivity contribution < 1.29 is 9.53 Å². The summed E-state index contributed by atoms with van der Waals surface area (Å²) in [5.74, 6) is -0.539. The van der Waals surface area contributed by atoms with Gasteiger partial charge in [0.15, 0.2) is 0 Å². The van der Waals surface area contributed by atoms with E-state index >= 15 is 0 Å². The molecule has 1 atom stereocenters. The average molecular weight is 431 g/mol. The molecular formula is C24H26N6O2. The van der Waals surface area contributed by atoms with Crippen LogP contribution in [0.4, 0.5) is 5.69 Å². The van der Waals surface area contributed by atoms with Crippen molar-refractivity contribution in [2.75, 3.05) is 12.4 Å². The molecule has 4 rings (SSSR count). The number of anilines is 1. The summed E-state index contributed by atoms with van der Waals surface area (Å²) in [6.07, 6.45) is 5.30. The van der Waals surface area contributed by atoms with E-state index in [4.69, 9.17) is 10.5 Å². The number of nitrogens with two attached hydrogens (primary N) is 1. The smallest absolute Gasteiger partial charge is 0.252 e. The van der Waals surface area contributed by atoms with Crippen LogP contribution in [0.2, 0.25) is 0 Å². The van der Waals surface area contributed by atoms with Crippen molar-refractivity contribution in [3.63, 3.8) is 0 Å². The number of aromatic nitrogens is 4. The number of carbonyl (C=O) groups excluding carboxylic acids is 1. The van der Waals surface area contributed by atoms with Gasteiger partial charge in [0.25, 0.3) is 5.91 Å². The van der Waals surface area contributed by atoms with Gasteiger partial charge < -0.3 is 15.8 Å². The Balaban J connectivity index is 1.80. The highest BCUT2D eigenvalue weighted by atomic mass is 16.5. The van der Waals surface area contributed by atoms with Crippen molar-refractivity contribution in [2.45, 2.75) is 26.5 Å². The van der Waals surface area contributed by atoms with E-state index < -0.39 is 5.91 Å². The Hall–Kier alpha value is -3.78. The third-order valence-corrected chi connectivity index (χ3v) is 5.40. The van der Waals surface area contributed by atoms with Crippen LogP contribution in [0.25, 0.3) is 22.0 Å². The van der Waals surface area contributed by atoms with Crippen molar-refractivity contribution in [1.82, 2.24) is 19.7 Å². The monoisotopic (exact) mass is 430 g/mol. The number of pyridine rings is 2. The molecule has 0 radical (unpaired) electrons. The molecule has 1 aromatic carbocycles. The zero-order valence-electron chi connectivity index (χ0n) is 18.6.